The van der Waals surface area contributed by atoms with Gasteiger partial charge in [0.2, 0.25) is 0 Å². The monoisotopic (exact) mass is 293 g/mol. The standard InChI is InChI=1S/C10H7BrF3NO/c11-7-3-1-6(2-4-7)8(16)5-9(15)10(12,13)14/h1-4,15H,5H2. The van der Waals surface area contributed by atoms with E-state index in [0.717, 1.165) is 4.47 Å². The molecule has 86 valence electrons. The first-order chi connectivity index (χ1) is 7.30. The SMILES string of the molecule is N=C(CC(=O)c1ccc(Br)cc1)C(F)(F)F. The molecule has 0 fully saturated rings. The predicted molar refractivity (Wildman–Crippen MR) is 56.9 cm³/mol. The van der Waals surface area contributed by atoms with Gasteiger partial charge in [0, 0.05) is 10.0 Å². The third-order valence-electron chi connectivity index (χ3n) is 1.85. The van der Waals surface area contributed by atoms with Gasteiger partial charge in [-0.3, -0.25) is 4.79 Å². The van der Waals surface area contributed by atoms with E-state index in [4.69, 9.17) is 5.41 Å². The minimum atomic E-state index is -4.73. The lowest BCUT2D eigenvalue weighted by molar-refractivity contribution is -0.0609. The highest BCUT2D eigenvalue weighted by molar-refractivity contribution is 9.10. The maximum Gasteiger partial charge on any atom is 0.429 e. The van der Waals surface area contributed by atoms with E-state index in [9.17, 15) is 18.0 Å². The van der Waals surface area contributed by atoms with Crippen LogP contribution in [-0.4, -0.2) is 17.7 Å². The van der Waals surface area contributed by atoms with E-state index in [2.05, 4.69) is 15.9 Å². The van der Waals surface area contributed by atoms with E-state index in [1.54, 1.807) is 12.1 Å². The third-order valence-corrected chi connectivity index (χ3v) is 2.37. The van der Waals surface area contributed by atoms with Gasteiger partial charge < -0.3 is 5.41 Å². The molecule has 0 aliphatic rings. The molecule has 0 aliphatic heterocycles. The highest BCUT2D eigenvalue weighted by Gasteiger charge is 2.35. The zero-order chi connectivity index (χ0) is 12.3. The molecule has 0 atom stereocenters. The fraction of sp³-hybridized carbons (Fsp3) is 0.200. The number of halogens is 4. The van der Waals surface area contributed by atoms with Crippen LogP contribution in [0.4, 0.5) is 13.2 Å². The van der Waals surface area contributed by atoms with Crippen LogP contribution in [0.25, 0.3) is 0 Å². The summed E-state index contributed by atoms with van der Waals surface area (Å²) in [7, 11) is 0. The molecular weight excluding hydrogens is 287 g/mol. The molecule has 0 bridgehead atoms. The van der Waals surface area contributed by atoms with Crippen LogP contribution in [0.5, 0.6) is 0 Å². The molecule has 1 aromatic carbocycles. The van der Waals surface area contributed by atoms with Crippen LogP contribution < -0.4 is 0 Å². The summed E-state index contributed by atoms with van der Waals surface area (Å²) < 4.78 is 36.7. The number of alkyl halides is 3. The minimum Gasteiger partial charge on any atom is -0.300 e. The second-order valence-corrected chi connectivity index (χ2v) is 4.00. The van der Waals surface area contributed by atoms with Gasteiger partial charge >= 0.3 is 6.18 Å². The summed E-state index contributed by atoms with van der Waals surface area (Å²) in [6, 6.07) is 5.95. The minimum absolute atomic E-state index is 0.164. The number of carbonyl (C=O) groups is 1. The molecule has 0 spiro atoms. The van der Waals surface area contributed by atoms with E-state index in [1.807, 2.05) is 0 Å². The fourth-order valence-corrected chi connectivity index (χ4v) is 1.26. The summed E-state index contributed by atoms with van der Waals surface area (Å²) in [4.78, 5) is 11.4. The molecule has 0 unspecified atom stereocenters. The molecule has 6 heteroatoms. The van der Waals surface area contributed by atoms with Gasteiger partial charge in [-0.1, -0.05) is 28.1 Å². The quantitative estimate of drug-likeness (QED) is 0.671. The van der Waals surface area contributed by atoms with Gasteiger partial charge in [-0.05, 0) is 12.1 Å². The summed E-state index contributed by atoms with van der Waals surface area (Å²) in [5.74, 6) is -0.713. The van der Waals surface area contributed by atoms with Crippen molar-refractivity contribution in [2.24, 2.45) is 0 Å². The maximum atomic E-state index is 12.0. The number of Topliss-reactive ketones (excluding diaryl/α,β-unsaturated/α-hetero) is 1. The molecule has 2 nitrogen and oxygen atoms in total. The Kier molecular flexibility index (Phi) is 3.85. The summed E-state index contributed by atoms with van der Waals surface area (Å²) >= 11 is 3.14. The van der Waals surface area contributed by atoms with Gasteiger partial charge in [-0.2, -0.15) is 13.2 Å². The highest BCUT2D eigenvalue weighted by atomic mass is 79.9. The second-order valence-electron chi connectivity index (χ2n) is 3.08. The number of benzene rings is 1. The molecule has 0 aromatic heterocycles. The van der Waals surface area contributed by atoms with Gasteiger partial charge in [0.15, 0.2) is 5.78 Å². The number of rotatable bonds is 3. The van der Waals surface area contributed by atoms with Crippen molar-refractivity contribution in [2.75, 3.05) is 0 Å². The van der Waals surface area contributed by atoms with Gasteiger partial charge in [0.1, 0.15) is 5.71 Å². The van der Waals surface area contributed by atoms with Crippen LogP contribution in [0, 0.1) is 5.41 Å². The Morgan fingerprint density at radius 1 is 1.25 bits per heavy atom. The first-order valence-electron chi connectivity index (χ1n) is 4.24. The third kappa shape index (κ3) is 3.44. The lowest BCUT2D eigenvalue weighted by atomic mass is 10.1. The summed E-state index contributed by atoms with van der Waals surface area (Å²) in [6.45, 7) is 0. The summed E-state index contributed by atoms with van der Waals surface area (Å²) in [5, 5.41) is 6.71. The topological polar surface area (TPSA) is 40.9 Å². The van der Waals surface area contributed by atoms with Crippen LogP contribution in [0.15, 0.2) is 28.7 Å². The number of ketones is 1. The Hall–Kier alpha value is -1.17. The predicted octanol–water partition coefficient (Wildman–Crippen LogP) is 3.60. The Morgan fingerprint density at radius 2 is 1.75 bits per heavy atom. The van der Waals surface area contributed by atoms with Crippen molar-refractivity contribution < 1.29 is 18.0 Å². The van der Waals surface area contributed by atoms with Crippen molar-refractivity contribution in [3.05, 3.63) is 34.3 Å². The van der Waals surface area contributed by atoms with E-state index in [-0.39, 0.29) is 5.56 Å². The van der Waals surface area contributed by atoms with Gasteiger partial charge in [-0.25, -0.2) is 0 Å². The first kappa shape index (κ1) is 12.9. The Balaban J connectivity index is 2.74. The molecule has 0 saturated heterocycles. The smallest absolute Gasteiger partial charge is 0.300 e. The summed E-state index contributed by atoms with van der Waals surface area (Å²) in [6.07, 6.45) is -5.66. The molecule has 0 radical (unpaired) electrons. The van der Waals surface area contributed by atoms with Crippen molar-refractivity contribution in [1.29, 1.82) is 5.41 Å². The maximum absolute atomic E-state index is 12.0. The largest absolute Gasteiger partial charge is 0.429 e. The lowest BCUT2D eigenvalue weighted by Crippen LogP contribution is -2.24. The molecular formula is C10H7BrF3NO. The average Bonchev–Trinajstić information content (AvgIpc) is 2.17. The van der Waals surface area contributed by atoms with Crippen LogP contribution in [0.1, 0.15) is 16.8 Å². The lowest BCUT2D eigenvalue weighted by Gasteiger charge is -2.07. The van der Waals surface area contributed by atoms with E-state index < -0.39 is 24.1 Å². The van der Waals surface area contributed by atoms with Crippen molar-refractivity contribution >= 4 is 27.4 Å². The van der Waals surface area contributed by atoms with E-state index in [0.29, 0.717) is 0 Å². The van der Waals surface area contributed by atoms with Gasteiger partial charge in [0.05, 0.1) is 6.42 Å². The van der Waals surface area contributed by atoms with Gasteiger partial charge in [0.25, 0.3) is 0 Å². The van der Waals surface area contributed by atoms with Crippen LogP contribution >= 0.6 is 15.9 Å². The second kappa shape index (κ2) is 4.78. The Morgan fingerprint density at radius 3 is 2.19 bits per heavy atom. The number of hydrogen-bond donors (Lipinski definition) is 1. The fourth-order valence-electron chi connectivity index (χ4n) is 0.999. The molecule has 0 amide bonds. The molecule has 0 heterocycles. The molecule has 0 saturated carbocycles. The number of carbonyl (C=O) groups excluding carboxylic acids is 1. The van der Waals surface area contributed by atoms with Crippen LogP contribution in [-0.2, 0) is 0 Å². The number of nitrogens with one attached hydrogen (secondary N) is 1. The molecule has 1 N–H and O–H groups in total. The Labute approximate surface area is 98.1 Å². The molecule has 1 rings (SSSR count). The van der Waals surface area contributed by atoms with E-state index in [1.165, 1.54) is 12.1 Å². The number of hydrogen-bond acceptors (Lipinski definition) is 2. The normalized spacial score (nSPS) is 11.2. The molecule has 0 aliphatic carbocycles. The first-order valence-corrected chi connectivity index (χ1v) is 5.03. The van der Waals surface area contributed by atoms with Gasteiger partial charge in [-0.15, -0.1) is 0 Å². The van der Waals surface area contributed by atoms with Crippen molar-refractivity contribution in [3.8, 4) is 0 Å². The van der Waals surface area contributed by atoms with E-state index >= 15 is 0 Å². The molecule has 1 aromatic rings. The highest BCUT2D eigenvalue weighted by Crippen LogP contribution is 2.20. The van der Waals surface area contributed by atoms with Crippen molar-refractivity contribution in [1.82, 2.24) is 0 Å². The van der Waals surface area contributed by atoms with Crippen LogP contribution in [0.2, 0.25) is 0 Å². The van der Waals surface area contributed by atoms with Crippen LogP contribution in [0.3, 0.4) is 0 Å². The zero-order valence-electron chi connectivity index (χ0n) is 7.94. The summed E-state index contributed by atoms with van der Waals surface area (Å²) in [5.41, 5.74) is -1.36. The molecule has 16 heavy (non-hydrogen) atoms. The Bertz CT molecular complexity index is 411. The average molecular weight is 294 g/mol. The van der Waals surface area contributed by atoms with Crippen molar-refractivity contribution in [2.45, 2.75) is 12.6 Å². The zero-order valence-corrected chi connectivity index (χ0v) is 9.52. The van der Waals surface area contributed by atoms with Crippen molar-refractivity contribution in [3.63, 3.8) is 0 Å².